The summed E-state index contributed by atoms with van der Waals surface area (Å²) in [5.41, 5.74) is 2.51. The number of ether oxygens (including phenoxy) is 1. The molecule has 3 aromatic carbocycles. The lowest BCUT2D eigenvalue weighted by Gasteiger charge is -2.21. The number of aromatic nitrogens is 1. The predicted octanol–water partition coefficient (Wildman–Crippen LogP) is 6.37. The molecular weight excluding hydrogens is 450 g/mol. The average Bonchev–Trinajstić information content (AvgIpc) is 3.59. The summed E-state index contributed by atoms with van der Waals surface area (Å²) in [5, 5.41) is 3.00. The molecule has 184 valence electrons. The van der Waals surface area contributed by atoms with Gasteiger partial charge in [-0.2, -0.15) is 0 Å². The molecule has 1 aliphatic rings. The highest BCUT2D eigenvalue weighted by Gasteiger charge is 2.26. The molecular formula is C30H31N3O3. The van der Waals surface area contributed by atoms with E-state index in [1.165, 1.54) is 19.1 Å². The van der Waals surface area contributed by atoms with Crippen molar-refractivity contribution < 1.29 is 13.9 Å². The molecule has 4 aromatic rings. The highest BCUT2D eigenvalue weighted by atomic mass is 16.5. The molecule has 0 saturated heterocycles. The van der Waals surface area contributed by atoms with Crippen LogP contribution >= 0.6 is 0 Å². The molecule has 6 heteroatoms. The zero-order valence-corrected chi connectivity index (χ0v) is 20.5. The maximum Gasteiger partial charge on any atom is 0.273 e. The first-order valence-corrected chi connectivity index (χ1v) is 12.5. The van der Waals surface area contributed by atoms with E-state index in [0.29, 0.717) is 24.0 Å². The van der Waals surface area contributed by atoms with E-state index in [9.17, 15) is 4.79 Å². The number of nitrogens with zero attached hydrogens (tertiary/aromatic N) is 2. The third-order valence-electron chi connectivity index (χ3n) is 6.29. The summed E-state index contributed by atoms with van der Waals surface area (Å²) in [4.78, 5) is 19.6. The van der Waals surface area contributed by atoms with Crippen LogP contribution in [0, 0.1) is 5.92 Å². The largest absolute Gasteiger partial charge is 0.457 e. The zero-order chi connectivity index (χ0) is 24.7. The summed E-state index contributed by atoms with van der Waals surface area (Å²) >= 11 is 0. The molecule has 0 radical (unpaired) electrons. The van der Waals surface area contributed by atoms with Gasteiger partial charge in [0.15, 0.2) is 5.69 Å². The van der Waals surface area contributed by atoms with Crippen molar-refractivity contribution in [1.82, 2.24) is 15.2 Å². The standard InChI is InChI=1S/C30H31N3O3/c1-22(25-10-4-2-5-11-25)31-30(34)28-21-35-29(32-28)20-33(18-23-15-16-23)19-24-9-8-14-27(17-24)36-26-12-6-3-7-13-26/h2-14,17,21-23H,15-16,18-20H2,1H3,(H,31,34). The van der Waals surface area contributed by atoms with E-state index >= 15 is 0 Å². The lowest BCUT2D eigenvalue weighted by Crippen LogP contribution is -2.27. The number of hydrogen-bond acceptors (Lipinski definition) is 5. The Morgan fingerprint density at radius 1 is 1.00 bits per heavy atom. The fourth-order valence-corrected chi connectivity index (χ4v) is 4.22. The van der Waals surface area contributed by atoms with Gasteiger partial charge in [0.1, 0.15) is 17.8 Å². The van der Waals surface area contributed by atoms with Crippen LogP contribution in [0.2, 0.25) is 0 Å². The lowest BCUT2D eigenvalue weighted by atomic mass is 10.1. The number of benzene rings is 3. The van der Waals surface area contributed by atoms with Gasteiger partial charge in [0, 0.05) is 13.1 Å². The van der Waals surface area contributed by atoms with Crippen LogP contribution in [0.3, 0.4) is 0 Å². The van der Waals surface area contributed by atoms with Crippen LogP contribution in [0.5, 0.6) is 11.5 Å². The second kappa shape index (κ2) is 11.2. The normalized spacial score (nSPS) is 13.9. The number of nitrogens with one attached hydrogen (secondary N) is 1. The van der Waals surface area contributed by atoms with Crippen LogP contribution < -0.4 is 10.1 Å². The molecule has 1 N–H and O–H groups in total. The Balaban J connectivity index is 1.22. The molecule has 6 nitrogen and oxygen atoms in total. The molecule has 0 aliphatic heterocycles. The van der Waals surface area contributed by atoms with Gasteiger partial charge >= 0.3 is 0 Å². The summed E-state index contributed by atoms with van der Waals surface area (Å²) < 4.78 is 11.7. The first kappa shape index (κ1) is 23.8. The van der Waals surface area contributed by atoms with Gasteiger partial charge in [-0.1, -0.05) is 60.7 Å². The van der Waals surface area contributed by atoms with Crippen molar-refractivity contribution in [2.45, 2.75) is 38.9 Å². The van der Waals surface area contributed by atoms with Gasteiger partial charge in [-0.25, -0.2) is 4.98 Å². The molecule has 1 unspecified atom stereocenters. The van der Waals surface area contributed by atoms with Gasteiger partial charge in [-0.05, 0) is 61.1 Å². The maximum absolute atomic E-state index is 12.7. The predicted molar refractivity (Wildman–Crippen MR) is 139 cm³/mol. The number of carbonyl (C=O) groups excluding carboxylic acids is 1. The number of rotatable bonds is 11. The Hall–Kier alpha value is -3.90. The molecule has 0 spiro atoms. The third-order valence-corrected chi connectivity index (χ3v) is 6.29. The summed E-state index contributed by atoms with van der Waals surface area (Å²) in [6.45, 7) is 4.22. The molecule has 5 rings (SSSR count). The minimum Gasteiger partial charge on any atom is -0.457 e. The van der Waals surface area contributed by atoms with Crippen LogP contribution in [-0.4, -0.2) is 22.3 Å². The molecule has 0 bridgehead atoms. The van der Waals surface area contributed by atoms with Gasteiger partial charge in [0.25, 0.3) is 5.91 Å². The van der Waals surface area contributed by atoms with Crippen molar-refractivity contribution in [3.63, 3.8) is 0 Å². The minimum atomic E-state index is -0.235. The average molecular weight is 482 g/mol. The van der Waals surface area contributed by atoms with E-state index in [2.05, 4.69) is 27.3 Å². The van der Waals surface area contributed by atoms with Crippen molar-refractivity contribution >= 4 is 5.91 Å². The first-order chi connectivity index (χ1) is 17.6. The Bertz CT molecular complexity index is 1270. The molecule has 1 amide bonds. The minimum absolute atomic E-state index is 0.115. The Labute approximate surface area is 211 Å². The van der Waals surface area contributed by atoms with Crippen molar-refractivity contribution in [2.75, 3.05) is 6.54 Å². The van der Waals surface area contributed by atoms with Crippen molar-refractivity contribution in [2.24, 2.45) is 5.92 Å². The molecule has 1 saturated carbocycles. The van der Waals surface area contributed by atoms with E-state index in [0.717, 1.165) is 35.7 Å². The Morgan fingerprint density at radius 3 is 2.47 bits per heavy atom. The molecule has 36 heavy (non-hydrogen) atoms. The number of amides is 1. The second-order valence-corrected chi connectivity index (χ2v) is 9.41. The quantitative estimate of drug-likeness (QED) is 0.270. The van der Waals surface area contributed by atoms with E-state index in [-0.39, 0.29) is 11.9 Å². The van der Waals surface area contributed by atoms with Crippen molar-refractivity contribution in [1.29, 1.82) is 0 Å². The highest BCUT2D eigenvalue weighted by Crippen LogP contribution is 2.31. The van der Waals surface area contributed by atoms with Crippen molar-refractivity contribution in [3.8, 4) is 11.5 Å². The summed E-state index contributed by atoms with van der Waals surface area (Å²) in [7, 11) is 0. The molecule has 1 aromatic heterocycles. The van der Waals surface area contributed by atoms with Gasteiger partial charge in [-0.15, -0.1) is 0 Å². The summed E-state index contributed by atoms with van der Waals surface area (Å²) in [5.74, 6) is 2.65. The third kappa shape index (κ3) is 6.61. The van der Waals surface area contributed by atoms with Gasteiger partial charge in [-0.3, -0.25) is 9.69 Å². The molecule has 1 heterocycles. The van der Waals surface area contributed by atoms with Crippen LogP contribution in [0.1, 0.15) is 53.3 Å². The van der Waals surface area contributed by atoms with E-state index < -0.39 is 0 Å². The number of carbonyl (C=O) groups is 1. The van der Waals surface area contributed by atoms with Gasteiger partial charge in [0.2, 0.25) is 5.89 Å². The Kier molecular flexibility index (Phi) is 7.43. The van der Waals surface area contributed by atoms with Crippen LogP contribution in [0.25, 0.3) is 0 Å². The maximum atomic E-state index is 12.7. The molecule has 1 aliphatic carbocycles. The smallest absolute Gasteiger partial charge is 0.273 e. The fraction of sp³-hybridized carbons (Fsp3) is 0.267. The molecule has 1 fully saturated rings. The van der Waals surface area contributed by atoms with E-state index in [1.807, 2.05) is 79.7 Å². The van der Waals surface area contributed by atoms with Gasteiger partial charge in [0.05, 0.1) is 12.6 Å². The van der Waals surface area contributed by atoms with Gasteiger partial charge < -0.3 is 14.5 Å². The lowest BCUT2D eigenvalue weighted by molar-refractivity contribution is 0.0934. The topological polar surface area (TPSA) is 67.6 Å². The SMILES string of the molecule is CC(NC(=O)c1coc(CN(Cc2cccc(Oc3ccccc3)c2)CC2CC2)n1)c1ccccc1. The summed E-state index contributed by atoms with van der Waals surface area (Å²) in [6.07, 6.45) is 3.96. The van der Waals surface area contributed by atoms with Crippen molar-refractivity contribution in [3.05, 3.63) is 114 Å². The number of hydrogen-bond donors (Lipinski definition) is 1. The molecule has 1 atom stereocenters. The number of para-hydroxylation sites is 1. The highest BCUT2D eigenvalue weighted by molar-refractivity contribution is 5.92. The van der Waals surface area contributed by atoms with Crippen LogP contribution in [0.15, 0.2) is 95.6 Å². The monoisotopic (exact) mass is 481 g/mol. The summed E-state index contributed by atoms with van der Waals surface area (Å²) in [6, 6.07) is 27.7. The van der Waals surface area contributed by atoms with Crippen LogP contribution in [-0.2, 0) is 13.1 Å². The Morgan fingerprint density at radius 2 is 1.72 bits per heavy atom. The zero-order valence-electron chi connectivity index (χ0n) is 20.5. The fourth-order valence-electron chi connectivity index (χ4n) is 4.22. The van der Waals surface area contributed by atoms with E-state index in [4.69, 9.17) is 9.15 Å². The number of oxazole rings is 1. The second-order valence-electron chi connectivity index (χ2n) is 9.41. The first-order valence-electron chi connectivity index (χ1n) is 12.5. The van der Waals surface area contributed by atoms with E-state index in [1.54, 1.807) is 0 Å². The van der Waals surface area contributed by atoms with Crippen LogP contribution in [0.4, 0.5) is 0 Å².